The predicted molar refractivity (Wildman–Crippen MR) is 106 cm³/mol. The Hall–Kier alpha value is -2.16. The number of amidine groups is 1. The van der Waals surface area contributed by atoms with Crippen LogP contribution < -0.4 is 5.32 Å². The number of non-ortho nitro benzene ring substituents is 1. The van der Waals surface area contributed by atoms with Crippen molar-refractivity contribution in [2.45, 2.75) is 51.7 Å². The van der Waals surface area contributed by atoms with Crippen LogP contribution in [0.15, 0.2) is 23.2 Å². The summed E-state index contributed by atoms with van der Waals surface area (Å²) in [6.45, 7) is 7.35. The highest BCUT2D eigenvalue weighted by Crippen LogP contribution is 2.54. The van der Waals surface area contributed by atoms with Gasteiger partial charge in [0.15, 0.2) is 5.17 Å². The molecule has 1 heterocycles. The van der Waals surface area contributed by atoms with Gasteiger partial charge >= 0.3 is 6.09 Å². The third-order valence-electron chi connectivity index (χ3n) is 4.98. The standard InChI is InChI=1S/C19H24FN3O4S/c1-11-7-12-10-28-16(21-17(24)27-18(2,3)4)22-19(12,9-11)14-8-13(23(25)26)5-6-15(14)20/h5-6,8,11-12H,7,9-10H2,1-4H3,(H,21,22,24)/t11-,12-,19-/m0/s1. The van der Waals surface area contributed by atoms with Crippen molar-refractivity contribution < 1.29 is 18.8 Å². The van der Waals surface area contributed by atoms with Gasteiger partial charge < -0.3 is 4.74 Å². The van der Waals surface area contributed by atoms with Crippen LogP contribution in [-0.2, 0) is 10.3 Å². The molecule has 9 heteroatoms. The van der Waals surface area contributed by atoms with E-state index in [-0.39, 0.29) is 23.1 Å². The Kier molecular flexibility index (Phi) is 5.40. The second kappa shape index (κ2) is 7.35. The molecular formula is C19H24FN3O4S. The SMILES string of the molecule is C[C@H]1C[C@H]2CSC(NC(=O)OC(C)(C)C)=N[C@@]2(c2cc([N+](=O)[O-])ccc2F)C1. The highest BCUT2D eigenvalue weighted by molar-refractivity contribution is 8.13. The molecule has 1 aromatic carbocycles. The lowest BCUT2D eigenvalue weighted by molar-refractivity contribution is -0.385. The fourth-order valence-electron chi connectivity index (χ4n) is 4.00. The number of nitro groups is 1. The van der Waals surface area contributed by atoms with E-state index in [1.165, 1.54) is 17.8 Å². The van der Waals surface area contributed by atoms with Crippen molar-refractivity contribution in [3.05, 3.63) is 39.7 Å². The van der Waals surface area contributed by atoms with Gasteiger partial charge in [-0.25, -0.2) is 9.18 Å². The fraction of sp³-hybridized carbons (Fsp3) is 0.579. The number of ether oxygens (including phenoxy) is 1. The zero-order chi connectivity index (χ0) is 20.7. The van der Waals surface area contributed by atoms with Crippen molar-refractivity contribution in [1.82, 2.24) is 5.32 Å². The summed E-state index contributed by atoms with van der Waals surface area (Å²) in [7, 11) is 0. The van der Waals surface area contributed by atoms with Crippen LogP contribution in [0.25, 0.3) is 0 Å². The number of halogens is 1. The topological polar surface area (TPSA) is 93.8 Å². The van der Waals surface area contributed by atoms with Crippen molar-refractivity contribution in [2.24, 2.45) is 16.8 Å². The van der Waals surface area contributed by atoms with E-state index < -0.39 is 28.0 Å². The highest BCUT2D eigenvalue weighted by atomic mass is 32.2. The Labute approximate surface area is 167 Å². The molecule has 0 unspecified atom stereocenters. The molecular weight excluding hydrogens is 385 g/mol. The number of aliphatic imine (C=N–C) groups is 1. The molecule has 3 rings (SSSR count). The van der Waals surface area contributed by atoms with Crippen LogP contribution in [0.4, 0.5) is 14.9 Å². The largest absolute Gasteiger partial charge is 0.444 e. The van der Waals surface area contributed by atoms with Crippen LogP contribution in [-0.4, -0.2) is 27.5 Å². The maximum Gasteiger partial charge on any atom is 0.413 e. The fourth-order valence-corrected chi connectivity index (χ4v) is 5.16. The van der Waals surface area contributed by atoms with Gasteiger partial charge in [0.05, 0.1) is 10.5 Å². The van der Waals surface area contributed by atoms with Crippen LogP contribution in [0.3, 0.4) is 0 Å². The van der Waals surface area contributed by atoms with Gasteiger partial charge in [-0.15, -0.1) is 0 Å². The van der Waals surface area contributed by atoms with Crippen LogP contribution in [0, 0.1) is 27.8 Å². The molecule has 28 heavy (non-hydrogen) atoms. The molecule has 3 atom stereocenters. The van der Waals surface area contributed by atoms with E-state index in [1.54, 1.807) is 20.8 Å². The molecule has 1 aliphatic carbocycles. The lowest BCUT2D eigenvalue weighted by Crippen LogP contribution is -2.42. The van der Waals surface area contributed by atoms with E-state index in [4.69, 9.17) is 9.73 Å². The molecule has 0 aromatic heterocycles. The minimum absolute atomic E-state index is 0.0354. The monoisotopic (exact) mass is 409 g/mol. The highest BCUT2D eigenvalue weighted by Gasteiger charge is 2.51. The van der Waals surface area contributed by atoms with Gasteiger partial charge in [0.25, 0.3) is 5.69 Å². The summed E-state index contributed by atoms with van der Waals surface area (Å²) < 4.78 is 20.1. The Bertz CT molecular complexity index is 839. The lowest BCUT2D eigenvalue weighted by atomic mass is 9.81. The molecule has 1 aromatic rings. The van der Waals surface area contributed by atoms with Gasteiger partial charge in [-0.3, -0.25) is 20.4 Å². The van der Waals surface area contributed by atoms with Crippen molar-refractivity contribution in [1.29, 1.82) is 0 Å². The van der Waals surface area contributed by atoms with E-state index in [2.05, 4.69) is 12.2 Å². The number of alkyl carbamates (subject to hydrolysis) is 1. The number of hydrogen-bond acceptors (Lipinski definition) is 6. The molecule has 0 saturated heterocycles. The summed E-state index contributed by atoms with van der Waals surface area (Å²) >= 11 is 1.39. The zero-order valence-corrected chi connectivity index (χ0v) is 17.1. The van der Waals surface area contributed by atoms with E-state index in [9.17, 15) is 19.3 Å². The maximum atomic E-state index is 14.8. The first-order valence-corrected chi connectivity index (χ1v) is 10.2. The van der Waals surface area contributed by atoms with Crippen LogP contribution in [0.1, 0.15) is 46.1 Å². The number of amides is 1. The van der Waals surface area contributed by atoms with Crippen molar-refractivity contribution in [3.8, 4) is 0 Å². The zero-order valence-electron chi connectivity index (χ0n) is 16.3. The van der Waals surface area contributed by atoms with E-state index in [0.717, 1.165) is 18.6 Å². The Morgan fingerprint density at radius 2 is 2.18 bits per heavy atom. The van der Waals surface area contributed by atoms with E-state index >= 15 is 0 Å². The quantitative estimate of drug-likeness (QED) is 0.569. The number of benzene rings is 1. The molecule has 0 spiro atoms. The van der Waals surface area contributed by atoms with Crippen LogP contribution in [0.5, 0.6) is 0 Å². The van der Waals surface area contributed by atoms with Gasteiger partial charge in [0, 0.05) is 23.4 Å². The number of hydrogen-bond donors (Lipinski definition) is 1. The van der Waals surface area contributed by atoms with Crippen molar-refractivity contribution in [3.63, 3.8) is 0 Å². The number of carbonyl (C=O) groups excluding carboxylic acids is 1. The van der Waals surface area contributed by atoms with Crippen LogP contribution >= 0.6 is 11.8 Å². The van der Waals surface area contributed by atoms with Crippen LogP contribution in [0.2, 0.25) is 0 Å². The molecule has 1 aliphatic heterocycles. The molecule has 1 fully saturated rings. The lowest BCUT2D eigenvalue weighted by Gasteiger charge is -2.36. The van der Waals surface area contributed by atoms with E-state index in [0.29, 0.717) is 17.3 Å². The average Bonchev–Trinajstić information content (AvgIpc) is 2.89. The molecule has 152 valence electrons. The molecule has 7 nitrogen and oxygen atoms in total. The minimum Gasteiger partial charge on any atom is -0.444 e. The normalized spacial score (nSPS) is 27.0. The second-order valence-corrected chi connectivity index (χ2v) is 9.45. The number of nitrogens with one attached hydrogen (secondary N) is 1. The molecule has 1 N–H and O–H groups in total. The van der Waals surface area contributed by atoms with Gasteiger partial charge in [-0.05, 0) is 51.5 Å². The Morgan fingerprint density at radius 3 is 2.82 bits per heavy atom. The Balaban J connectivity index is 2.01. The van der Waals surface area contributed by atoms with Gasteiger partial charge in [-0.2, -0.15) is 0 Å². The molecule has 1 saturated carbocycles. The smallest absolute Gasteiger partial charge is 0.413 e. The van der Waals surface area contributed by atoms with E-state index in [1.807, 2.05) is 0 Å². The summed E-state index contributed by atoms with van der Waals surface area (Å²) in [5.41, 5.74) is -1.53. The molecule has 1 amide bonds. The third kappa shape index (κ3) is 4.14. The second-order valence-electron chi connectivity index (χ2n) is 8.44. The maximum absolute atomic E-state index is 14.8. The summed E-state index contributed by atoms with van der Waals surface area (Å²) in [5.74, 6) is 0.445. The Morgan fingerprint density at radius 1 is 1.46 bits per heavy atom. The van der Waals surface area contributed by atoms with Crippen molar-refractivity contribution >= 4 is 28.7 Å². The summed E-state index contributed by atoms with van der Waals surface area (Å²) in [6.07, 6.45) is 0.784. The van der Waals surface area contributed by atoms with Crippen molar-refractivity contribution in [2.75, 3.05) is 5.75 Å². The third-order valence-corrected chi connectivity index (χ3v) is 6.02. The number of nitro benzene ring substituents is 1. The first-order valence-electron chi connectivity index (χ1n) is 9.17. The van der Waals surface area contributed by atoms with Gasteiger partial charge in [-0.1, -0.05) is 18.7 Å². The first kappa shape index (κ1) is 20.6. The number of fused-ring (bicyclic) bond motifs is 1. The number of nitrogens with zero attached hydrogens (tertiary/aromatic N) is 2. The van der Waals surface area contributed by atoms with Gasteiger partial charge in [0.1, 0.15) is 11.4 Å². The average molecular weight is 409 g/mol. The molecule has 0 bridgehead atoms. The molecule has 0 radical (unpaired) electrons. The molecule has 2 aliphatic rings. The number of rotatable bonds is 2. The summed E-state index contributed by atoms with van der Waals surface area (Å²) in [4.78, 5) is 27.6. The summed E-state index contributed by atoms with van der Waals surface area (Å²) in [5, 5.41) is 14.2. The number of carbonyl (C=O) groups is 1. The predicted octanol–water partition coefficient (Wildman–Crippen LogP) is 4.60. The summed E-state index contributed by atoms with van der Waals surface area (Å²) in [6, 6.07) is 3.56. The first-order chi connectivity index (χ1) is 13.0. The minimum atomic E-state index is -0.925. The van der Waals surface area contributed by atoms with Gasteiger partial charge in [0.2, 0.25) is 0 Å². The number of thioether (sulfide) groups is 1.